The number of hydrogen-bond donors (Lipinski definition) is 0. The summed E-state index contributed by atoms with van der Waals surface area (Å²) in [4.78, 5) is 25.1. The van der Waals surface area contributed by atoms with Gasteiger partial charge in [-0.2, -0.15) is 0 Å². The zero-order valence-corrected chi connectivity index (χ0v) is 12.3. The first-order valence-corrected chi connectivity index (χ1v) is 7.10. The minimum absolute atomic E-state index is 0.229. The van der Waals surface area contributed by atoms with E-state index in [4.69, 9.17) is 4.74 Å². The van der Waals surface area contributed by atoms with E-state index in [0.717, 1.165) is 12.0 Å². The molecule has 1 amide bonds. The zero-order chi connectivity index (χ0) is 14.7. The molecule has 1 aromatic rings. The molecule has 0 fully saturated rings. The summed E-state index contributed by atoms with van der Waals surface area (Å²) in [7, 11) is 0. The highest BCUT2D eigenvalue weighted by Crippen LogP contribution is 2.24. The number of rotatable bonds is 2. The standard InChI is InChI=1S/C16H21NO3/c1-4-20-16(19)15(18)17-8-7-12-5-6-13(11(2)3)9-14(12)10-17/h5-6,9,11H,4,7-8,10H2,1-3H3. The second kappa shape index (κ2) is 6.07. The number of carbonyl (C=O) groups is 2. The Morgan fingerprint density at radius 1 is 1.30 bits per heavy atom. The van der Waals surface area contributed by atoms with E-state index in [-0.39, 0.29) is 6.61 Å². The molecule has 0 aliphatic carbocycles. The Kier molecular flexibility index (Phi) is 4.42. The van der Waals surface area contributed by atoms with Crippen LogP contribution in [-0.4, -0.2) is 29.9 Å². The molecule has 0 unspecified atom stereocenters. The highest BCUT2D eigenvalue weighted by atomic mass is 16.5. The maximum Gasteiger partial charge on any atom is 0.397 e. The van der Waals surface area contributed by atoms with Crippen molar-refractivity contribution in [3.8, 4) is 0 Å². The zero-order valence-electron chi connectivity index (χ0n) is 12.3. The molecule has 0 saturated carbocycles. The summed E-state index contributed by atoms with van der Waals surface area (Å²) in [5.41, 5.74) is 3.66. The smallest absolute Gasteiger partial charge is 0.397 e. The average molecular weight is 275 g/mol. The van der Waals surface area contributed by atoms with E-state index >= 15 is 0 Å². The monoisotopic (exact) mass is 275 g/mol. The number of nitrogens with zero attached hydrogens (tertiary/aromatic N) is 1. The van der Waals surface area contributed by atoms with Crippen LogP contribution < -0.4 is 0 Å². The molecule has 1 heterocycles. The van der Waals surface area contributed by atoms with Crippen molar-refractivity contribution in [2.75, 3.05) is 13.2 Å². The summed E-state index contributed by atoms with van der Waals surface area (Å²) < 4.78 is 4.78. The number of carbonyl (C=O) groups excluding carboxylic acids is 2. The molecule has 1 aliphatic rings. The first-order valence-electron chi connectivity index (χ1n) is 7.10. The third-order valence-electron chi connectivity index (χ3n) is 3.65. The van der Waals surface area contributed by atoms with Gasteiger partial charge in [-0.15, -0.1) is 0 Å². The van der Waals surface area contributed by atoms with E-state index in [1.807, 2.05) is 0 Å². The first-order chi connectivity index (χ1) is 9.52. The quantitative estimate of drug-likeness (QED) is 0.614. The van der Waals surface area contributed by atoms with Gasteiger partial charge in [0.15, 0.2) is 0 Å². The number of esters is 1. The molecule has 0 spiro atoms. The van der Waals surface area contributed by atoms with Crippen LogP contribution in [0.25, 0.3) is 0 Å². The third kappa shape index (κ3) is 3.00. The van der Waals surface area contributed by atoms with Crippen LogP contribution >= 0.6 is 0 Å². The molecule has 0 aromatic heterocycles. The van der Waals surface area contributed by atoms with Crippen molar-refractivity contribution in [3.63, 3.8) is 0 Å². The topological polar surface area (TPSA) is 46.6 Å². The van der Waals surface area contributed by atoms with Crippen LogP contribution in [0.15, 0.2) is 18.2 Å². The van der Waals surface area contributed by atoms with Gasteiger partial charge in [-0.05, 0) is 36.0 Å². The molecular formula is C16H21NO3. The van der Waals surface area contributed by atoms with Gasteiger partial charge in [-0.3, -0.25) is 4.79 Å². The molecule has 0 saturated heterocycles. The molecule has 1 aromatic carbocycles. The maximum atomic E-state index is 12.0. The van der Waals surface area contributed by atoms with Crippen molar-refractivity contribution in [2.45, 2.75) is 39.7 Å². The summed E-state index contributed by atoms with van der Waals surface area (Å²) in [6, 6.07) is 6.42. The lowest BCUT2D eigenvalue weighted by Gasteiger charge is -2.28. The minimum Gasteiger partial charge on any atom is -0.459 e. The normalized spacial score (nSPS) is 14.1. The molecule has 2 rings (SSSR count). The van der Waals surface area contributed by atoms with Gasteiger partial charge in [-0.1, -0.05) is 32.0 Å². The van der Waals surface area contributed by atoms with Gasteiger partial charge < -0.3 is 9.64 Å². The fraction of sp³-hybridized carbons (Fsp3) is 0.500. The number of amides is 1. The van der Waals surface area contributed by atoms with E-state index in [1.165, 1.54) is 11.1 Å². The predicted octanol–water partition coefficient (Wildman–Crippen LogP) is 2.26. The third-order valence-corrected chi connectivity index (χ3v) is 3.65. The van der Waals surface area contributed by atoms with Gasteiger partial charge in [0.05, 0.1) is 6.61 Å². The van der Waals surface area contributed by atoms with Crippen LogP contribution in [0.4, 0.5) is 0 Å². The summed E-state index contributed by atoms with van der Waals surface area (Å²) >= 11 is 0. The highest BCUT2D eigenvalue weighted by molar-refractivity contribution is 6.32. The molecule has 0 atom stereocenters. The molecule has 0 N–H and O–H groups in total. The number of hydrogen-bond acceptors (Lipinski definition) is 3. The van der Waals surface area contributed by atoms with Crippen LogP contribution in [-0.2, 0) is 27.3 Å². The molecule has 108 valence electrons. The van der Waals surface area contributed by atoms with Crippen LogP contribution in [0.2, 0.25) is 0 Å². The Hall–Kier alpha value is -1.84. The summed E-state index contributed by atoms with van der Waals surface area (Å²) in [6.45, 7) is 7.29. The number of ether oxygens (including phenoxy) is 1. The lowest BCUT2D eigenvalue weighted by Crippen LogP contribution is -2.40. The second-order valence-corrected chi connectivity index (χ2v) is 5.38. The van der Waals surface area contributed by atoms with Gasteiger partial charge in [0.1, 0.15) is 0 Å². The number of benzene rings is 1. The van der Waals surface area contributed by atoms with Gasteiger partial charge in [0.25, 0.3) is 0 Å². The lowest BCUT2D eigenvalue weighted by atomic mass is 9.93. The minimum atomic E-state index is -0.754. The Morgan fingerprint density at radius 2 is 2.05 bits per heavy atom. The van der Waals surface area contributed by atoms with E-state index in [1.54, 1.807) is 11.8 Å². The highest BCUT2D eigenvalue weighted by Gasteiger charge is 2.26. The predicted molar refractivity (Wildman–Crippen MR) is 76.3 cm³/mol. The summed E-state index contributed by atoms with van der Waals surface area (Å²) in [5, 5.41) is 0. The maximum absolute atomic E-state index is 12.0. The van der Waals surface area contributed by atoms with Crippen LogP contribution in [0.1, 0.15) is 43.4 Å². The molecule has 4 nitrogen and oxygen atoms in total. The van der Waals surface area contributed by atoms with Gasteiger partial charge in [0.2, 0.25) is 0 Å². The van der Waals surface area contributed by atoms with Gasteiger partial charge in [-0.25, -0.2) is 4.79 Å². The van der Waals surface area contributed by atoms with Crippen LogP contribution in [0.5, 0.6) is 0 Å². The van der Waals surface area contributed by atoms with Gasteiger partial charge in [0, 0.05) is 13.1 Å². The first kappa shape index (κ1) is 14.6. The number of fused-ring (bicyclic) bond motifs is 1. The molecule has 0 bridgehead atoms. The van der Waals surface area contributed by atoms with Crippen molar-refractivity contribution >= 4 is 11.9 Å². The van der Waals surface area contributed by atoms with E-state index in [2.05, 4.69) is 32.0 Å². The van der Waals surface area contributed by atoms with Gasteiger partial charge >= 0.3 is 11.9 Å². The summed E-state index contributed by atoms with van der Waals surface area (Å²) in [6.07, 6.45) is 0.791. The van der Waals surface area contributed by atoms with Crippen LogP contribution in [0.3, 0.4) is 0 Å². The Bertz CT molecular complexity index is 522. The molecule has 20 heavy (non-hydrogen) atoms. The van der Waals surface area contributed by atoms with Crippen LogP contribution in [0, 0.1) is 0 Å². The molecule has 0 radical (unpaired) electrons. The fourth-order valence-corrected chi connectivity index (χ4v) is 2.43. The molecule has 4 heteroatoms. The van der Waals surface area contributed by atoms with Crippen molar-refractivity contribution in [1.82, 2.24) is 4.90 Å². The van der Waals surface area contributed by atoms with Crippen molar-refractivity contribution in [3.05, 3.63) is 34.9 Å². The Morgan fingerprint density at radius 3 is 2.70 bits per heavy atom. The summed E-state index contributed by atoms with van der Waals surface area (Å²) in [5.74, 6) is -0.833. The lowest BCUT2D eigenvalue weighted by molar-refractivity contribution is -0.160. The molecule has 1 aliphatic heterocycles. The van der Waals surface area contributed by atoms with E-state index < -0.39 is 11.9 Å². The van der Waals surface area contributed by atoms with Crippen molar-refractivity contribution in [1.29, 1.82) is 0 Å². The SMILES string of the molecule is CCOC(=O)C(=O)N1CCc2ccc(C(C)C)cc2C1. The van der Waals surface area contributed by atoms with Crippen molar-refractivity contribution in [2.24, 2.45) is 0 Å². The average Bonchev–Trinajstić information content (AvgIpc) is 2.45. The Labute approximate surface area is 119 Å². The largest absolute Gasteiger partial charge is 0.459 e. The molecular weight excluding hydrogens is 254 g/mol. The van der Waals surface area contributed by atoms with E-state index in [0.29, 0.717) is 19.0 Å². The fourth-order valence-electron chi connectivity index (χ4n) is 2.43. The van der Waals surface area contributed by atoms with E-state index in [9.17, 15) is 9.59 Å². The van der Waals surface area contributed by atoms with Crippen molar-refractivity contribution < 1.29 is 14.3 Å². The second-order valence-electron chi connectivity index (χ2n) is 5.38. The Balaban J connectivity index is 2.15.